The third kappa shape index (κ3) is 2.23. The maximum Gasteiger partial charge on any atom is 0.336 e. The van der Waals surface area contributed by atoms with Crippen LogP contribution < -0.4 is 4.74 Å². The van der Waals surface area contributed by atoms with Gasteiger partial charge in [0.25, 0.3) is 0 Å². The van der Waals surface area contributed by atoms with E-state index in [0.717, 1.165) is 0 Å². The topological polar surface area (TPSA) is 72.3 Å². The monoisotopic (exact) mass is 230 g/mol. The van der Waals surface area contributed by atoms with Crippen LogP contribution in [0.2, 0.25) is 0 Å². The SMILES string of the molecule is COc1ccc(C(=O)O)c(-c2ncccn2)c1. The number of hydrogen-bond acceptors (Lipinski definition) is 4. The minimum atomic E-state index is -1.02. The lowest BCUT2D eigenvalue weighted by Gasteiger charge is -2.06. The molecule has 0 atom stereocenters. The first-order chi connectivity index (χ1) is 8.22. The van der Waals surface area contributed by atoms with Crippen LogP contribution in [0.1, 0.15) is 10.4 Å². The van der Waals surface area contributed by atoms with Crippen molar-refractivity contribution >= 4 is 5.97 Å². The van der Waals surface area contributed by atoms with Gasteiger partial charge in [-0.05, 0) is 24.3 Å². The summed E-state index contributed by atoms with van der Waals surface area (Å²) in [5, 5.41) is 9.09. The van der Waals surface area contributed by atoms with Crippen molar-refractivity contribution in [3.8, 4) is 17.1 Å². The van der Waals surface area contributed by atoms with Gasteiger partial charge in [0.05, 0.1) is 12.7 Å². The lowest BCUT2D eigenvalue weighted by molar-refractivity contribution is 0.0697. The summed E-state index contributed by atoms with van der Waals surface area (Å²) in [7, 11) is 1.52. The number of benzene rings is 1. The Hall–Kier alpha value is -2.43. The summed E-state index contributed by atoms with van der Waals surface area (Å²) in [4.78, 5) is 19.2. The van der Waals surface area contributed by atoms with Gasteiger partial charge < -0.3 is 9.84 Å². The van der Waals surface area contributed by atoms with E-state index in [-0.39, 0.29) is 5.56 Å². The highest BCUT2D eigenvalue weighted by atomic mass is 16.5. The first kappa shape index (κ1) is 11.1. The van der Waals surface area contributed by atoms with Crippen molar-refractivity contribution in [1.82, 2.24) is 9.97 Å². The van der Waals surface area contributed by atoms with Crippen molar-refractivity contribution in [2.45, 2.75) is 0 Å². The van der Waals surface area contributed by atoms with E-state index in [0.29, 0.717) is 17.1 Å². The van der Waals surface area contributed by atoms with E-state index in [1.165, 1.54) is 13.2 Å². The van der Waals surface area contributed by atoms with Crippen molar-refractivity contribution in [1.29, 1.82) is 0 Å². The highest BCUT2D eigenvalue weighted by molar-refractivity contribution is 5.95. The van der Waals surface area contributed by atoms with E-state index in [9.17, 15) is 4.79 Å². The average molecular weight is 230 g/mol. The number of nitrogens with zero attached hydrogens (tertiary/aromatic N) is 2. The van der Waals surface area contributed by atoms with Crippen LogP contribution in [0.15, 0.2) is 36.7 Å². The molecule has 2 aromatic rings. The molecular formula is C12H10N2O3. The number of carboxylic acid groups (broad SMARTS) is 1. The van der Waals surface area contributed by atoms with Crippen LogP contribution >= 0.6 is 0 Å². The molecule has 0 amide bonds. The van der Waals surface area contributed by atoms with Gasteiger partial charge in [0.2, 0.25) is 0 Å². The fourth-order valence-corrected chi connectivity index (χ4v) is 1.46. The first-order valence-corrected chi connectivity index (χ1v) is 4.91. The van der Waals surface area contributed by atoms with E-state index in [1.54, 1.807) is 30.6 Å². The van der Waals surface area contributed by atoms with Gasteiger partial charge in [0, 0.05) is 18.0 Å². The van der Waals surface area contributed by atoms with Gasteiger partial charge in [-0.1, -0.05) is 0 Å². The zero-order valence-corrected chi connectivity index (χ0v) is 9.12. The summed E-state index contributed by atoms with van der Waals surface area (Å²) >= 11 is 0. The van der Waals surface area contributed by atoms with Crippen LogP contribution in [0.4, 0.5) is 0 Å². The normalized spacial score (nSPS) is 9.94. The molecule has 0 aliphatic rings. The standard InChI is InChI=1S/C12H10N2O3/c1-17-8-3-4-9(12(15)16)10(7-8)11-13-5-2-6-14-11/h2-7H,1H3,(H,15,16). The molecule has 0 spiro atoms. The number of methoxy groups -OCH3 is 1. The molecule has 2 rings (SSSR count). The van der Waals surface area contributed by atoms with E-state index < -0.39 is 5.97 Å². The van der Waals surface area contributed by atoms with Gasteiger partial charge >= 0.3 is 5.97 Å². The minimum absolute atomic E-state index is 0.150. The van der Waals surface area contributed by atoms with Crippen molar-refractivity contribution in [3.05, 3.63) is 42.2 Å². The second-order valence-electron chi connectivity index (χ2n) is 3.29. The molecule has 5 heteroatoms. The third-order valence-corrected chi connectivity index (χ3v) is 2.26. The van der Waals surface area contributed by atoms with E-state index >= 15 is 0 Å². The average Bonchev–Trinajstić information content (AvgIpc) is 2.39. The van der Waals surface area contributed by atoms with Gasteiger partial charge in [0.1, 0.15) is 5.75 Å². The smallest absolute Gasteiger partial charge is 0.336 e. The van der Waals surface area contributed by atoms with Crippen LogP contribution in [0.5, 0.6) is 5.75 Å². The van der Waals surface area contributed by atoms with Crippen LogP contribution in [0.25, 0.3) is 11.4 Å². The highest BCUT2D eigenvalue weighted by Gasteiger charge is 2.14. The van der Waals surface area contributed by atoms with Gasteiger partial charge in [-0.25, -0.2) is 14.8 Å². The van der Waals surface area contributed by atoms with Crippen molar-refractivity contribution < 1.29 is 14.6 Å². The molecule has 0 saturated carbocycles. The van der Waals surface area contributed by atoms with E-state index in [1.807, 2.05) is 0 Å². The van der Waals surface area contributed by atoms with E-state index in [4.69, 9.17) is 9.84 Å². The van der Waals surface area contributed by atoms with Crippen LogP contribution in [-0.4, -0.2) is 28.2 Å². The number of hydrogen-bond donors (Lipinski definition) is 1. The van der Waals surface area contributed by atoms with Crippen LogP contribution in [0.3, 0.4) is 0 Å². The van der Waals surface area contributed by atoms with Crippen molar-refractivity contribution in [2.75, 3.05) is 7.11 Å². The maximum absolute atomic E-state index is 11.1. The molecular weight excluding hydrogens is 220 g/mol. The molecule has 0 fully saturated rings. The Labute approximate surface area is 97.7 Å². The molecule has 86 valence electrons. The fraction of sp³-hybridized carbons (Fsp3) is 0.0833. The van der Waals surface area contributed by atoms with Gasteiger partial charge in [-0.3, -0.25) is 0 Å². The zero-order chi connectivity index (χ0) is 12.3. The number of rotatable bonds is 3. The number of aromatic carboxylic acids is 1. The highest BCUT2D eigenvalue weighted by Crippen LogP contribution is 2.25. The summed E-state index contributed by atoms with van der Waals surface area (Å²) < 4.78 is 5.06. The quantitative estimate of drug-likeness (QED) is 0.871. The zero-order valence-electron chi connectivity index (χ0n) is 9.12. The number of ether oxygens (including phenoxy) is 1. The Morgan fingerprint density at radius 1 is 1.29 bits per heavy atom. The predicted octanol–water partition coefficient (Wildman–Crippen LogP) is 1.85. The molecule has 0 bridgehead atoms. The molecule has 1 heterocycles. The fourth-order valence-electron chi connectivity index (χ4n) is 1.46. The van der Waals surface area contributed by atoms with E-state index in [2.05, 4.69) is 9.97 Å². The van der Waals surface area contributed by atoms with Gasteiger partial charge in [-0.2, -0.15) is 0 Å². The molecule has 5 nitrogen and oxygen atoms in total. The Bertz CT molecular complexity index is 541. The lowest BCUT2D eigenvalue weighted by atomic mass is 10.1. The first-order valence-electron chi connectivity index (χ1n) is 4.91. The van der Waals surface area contributed by atoms with Gasteiger partial charge in [-0.15, -0.1) is 0 Å². The molecule has 0 unspecified atom stereocenters. The lowest BCUT2D eigenvalue weighted by Crippen LogP contribution is -2.01. The van der Waals surface area contributed by atoms with Crippen LogP contribution in [0, 0.1) is 0 Å². The predicted molar refractivity (Wildman–Crippen MR) is 61.0 cm³/mol. The molecule has 0 saturated heterocycles. The molecule has 0 aliphatic heterocycles. The largest absolute Gasteiger partial charge is 0.497 e. The summed E-state index contributed by atoms with van der Waals surface area (Å²) in [5.74, 6) is -0.0867. The summed E-state index contributed by atoms with van der Waals surface area (Å²) in [5.41, 5.74) is 0.592. The molecule has 1 aromatic carbocycles. The second-order valence-corrected chi connectivity index (χ2v) is 3.29. The second kappa shape index (κ2) is 4.61. The Morgan fingerprint density at radius 2 is 2.00 bits per heavy atom. The molecule has 0 aliphatic carbocycles. The number of carbonyl (C=O) groups is 1. The maximum atomic E-state index is 11.1. The molecule has 17 heavy (non-hydrogen) atoms. The summed E-state index contributed by atoms with van der Waals surface area (Å²) in [6.07, 6.45) is 3.13. The minimum Gasteiger partial charge on any atom is -0.497 e. The third-order valence-electron chi connectivity index (χ3n) is 2.26. The summed E-state index contributed by atoms with van der Waals surface area (Å²) in [6, 6.07) is 6.35. The Morgan fingerprint density at radius 3 is 2.59 bits per heavy atom. The number of carboxylic acids is 1. The Kier molecular flexibility index (Phi) is 3.00. The number of aromatic nitrogens is 2. The van der Waals surface area contributed by atoms with Crippen molar-refractivity contribution in [2.24, 2.45) is 0 Å². The molecule has 1 N–H and O–H groups in total. The molecule has 0 radical (unpaired) electrons. The van der Waals surface area contributed by atoms with Crippen molar-refractivity contribution in [3.63, 3.8) is 0 Å². The molecule has 1 aromatic heterocycles. The van der Waals surface area contributed by atoms with Gasteiger partial charge in [0.15, 0.2) is 5.82 Å². The van der Waals surface area contributed by atoms with Crippen LogP contribution in [-0.2, 0) is 0 Å². The summed E-state index contributed by atoms with van der Waals surface area (Å²) in [6.45, 7) is 0. The Balaban J connectivity index is 2.61.